The van der Waals surface area contributed by atoms with E-state index >= 15 is 0 Å². The number of hydrogen-bond acceptors (Lipinski definition) is 3. The van der Waals surface area contributed by atoms with Crippen LogP contribution in [-0.2, 0) is 9.36 Å². The average Bonchev–Trinajstić information content (AvgIpc) is 2.48. The monoisotopic (exact) mass is 222 g/mol. The molecule has 82 valence electrons. The lowest BCUT2D eigenvalue weighted by atomic mass is 10.3. The fourth-order valence-corrected chi connectivity index (χ4v) is 2.73. The first-order valence-corrected chi connectivity index (χ1v) is 6.13. The van der Waals surface area contributed by atoms with E-state index in [2.05, 4.69) is 0 Å². The van der Waals surface area contributed by atoms with E-state index in [1.807, 2.05) is 0 Å². The van der Waals surface area contributed by atoms with Crippen LogP contribution in [0.3, 0.4) is 0 Å². The van der Waals surface area contributed by atoms with E-state index in [0.29, 0.717) is 19.4 Å². The predicted octanol–water partition coefficient (Wildman–Crippen LogP) is -0.540. The zero-order valence-corrected chi connectivity index (χ0v) is 8.85. The van der Waals surface area contributed by atoms with Crippen molar-refractivity contribution in [1.82, 2.24) is 4.90 Å². The van der Waals surface area contributed by atoms with Gasteiger partial charge in [-0.2, -0.15) is 0 Å². The molecule has 0 aromatic carbocycles. The number of hydrogen-bond donors (Lipinski definition) is 3. The molecule has 0 aliphatic carbocycles. The Morgan fingerprint density at radius 2 is 2.21 bits per heavy atom. The van der Waals surface area contributed by atoms with Crippen LogP contribution < -0.4 is 5.73 Å². The van der Waals surface area contributed by atoms with Gasteiger partial charge in [-0.3, -0.25) is 9.36 Å². The highest BCUT2D eigenvalue weighted by Gasteiger charge is 2.41. The van der Waals surface area contributed by atoms with Crippen molar-refractivity contribution < 1.29 is 19.1 Å². The molecule has 1 saturated heterocycles. The minimum atomic E-state index is -4.21. The lowest BCUT2D eigenvalue weighted by Gasteiger charge is -2.26. The predicted molar refractivity (Wildman–Crippen MR) is 50.4 cm³/mol. The molecular formula is C7H15N2O4P. The zero-order chi connectivity index (χ0) is 10.9. The number of likely N-dealkylation sites (tertiary alicyclic amines) is 1. The third-order valence-electron chi connectivity index (χ3n) is 2.28. The van der Waals surface area contributed by atoms with Gasteiger partial charge in [-0.05, 0) is 19.8 Å². The van der Waals surface area contributed by atoms with Crippen LogP contribution in [0.5, 0.6) is 0 Å². The Morgan fingerprint density at radius 1 is 1.64 bits per heavy atom. The van der Waals surface area contributed by atoms with Crippen molar-refractivity contribution in [3.05, 3.63) is 0 Å². The van der Waals surface area contributed by atoms with Gasteiger partial charge in [0.2, 0.25) is 5.91 Å². The second-order valence-corrected chi connectivity index (χ2v) is 5.31. The van der Waals surface area contributed by atoms with Crippen molar-refractivity contribution in [1.29, 1.82) is 0 Å². The standard InChI is InChI=1S/C7H15N2O4P/c1-5(8)7(10)9-4-2-3-6(9)14(11,12)13/h5-6H,2-4,8H2,1H3,(H2,11,12,13)/t5-,6-/m0/s1. The Hall–Kier alpha value is -0.420. The fourth-order valence-electron chi connectivity index (χ4n) is 1.62. The number of rotatable bonds is 2. The third-order valence-corrected chi connectivity index (χ3v) is 3.60. The highest BCUT2D eigenvalue weighted by atomic mass is 31.2. The first-order chi connectivity index (χ1) is 6.34. The molecule has 0 radical (unpaired) electrons. The minimum Gasteiger partial charge on any atom is -0.327 e. The summed E-state index contributed by atoms with van der Waals surface area (Å²) in [6.45, 7) is 1.90. The van der Waals surface area contributed by atoms with E-state index < -0.39 is 25.3 Å². The van der Waals surface area contributed by atoms with Crippen LogP contribution in [0, 0.1) is 0 Å². The third kappa shape index (κ3) is 2.33. The van der Waals surface area contributed by atoms with Gasteiger partial charge >= 0.3 is 7.60 Å². The van der Waals surface area contributed by atoms with Crippen molar-refractivity contribution >= 4 is 13.5 Å². The first-order valence-electron chi connectivity index (χ1n) is 4.45. The highest BCUT2D eigenvalue weighted by Crippen LogP contribution is 2.47. The second-order valence-electron chi connectivity index (χ2n) is 3.53. The molecule has 1 heterocycles. The summed E-state index contributed by atoms with van der Waals surface area (Å²) in [4.78, 5) is 30.6. The minimum absolute atomic E-state index is 0.350. The van der Waals surface area contributed by atoms with Crippen LogP contribution in [0.15, 0.2) is 0 Å². The maximum absolute atomic E-state index is 11.5. The van der Waals surface area contributed by atoms with Gasteiger partial charge in [-0.25, -0.2) is 0 Å². The molecule has 1 aliphatic heterocycles. The molecule has 4 N–H and O–H groups in total. The number of nitrogens with two attached hydrogens (primary N) is 1. The van der Waals surface area contributed by atoms with E-state index in [1.54, 1.807) is 0 Å². The molecule has 1 aliphatic rings. The number of nitrogens with zero attached hydrogens (tertiary/aromatic N) is 1. The second kappa shape index (κ2) is 3.98. The maximum atomic E-state index is 11.5. The normalized spacial score (nSPS) is 25.1. The molecule has 1 rings (SSSR count). The van der Waals surface area contributed by atoms with Gasteiger partial charge in [0.15, 0.2) is 0 Å². The van der Waals surface area contributed by atoms with Crippen molar-refractivity contribution in [3.63, 3.8) is 0 Å². The summed E-state index contributed by atoms with van der Waals surface area (Å²) in [6, 6.07) is -0.706. The van der Waals surface area contributed by atoms with Gasteiger partial charge in [-0.15, -0.1) is 0 Å². The van der Waals surface area contributed by atoms with Gasteiger partial charge in [0.1, 0.15) is 5.78 Å². The van der Waals surface area contributed by atoms with E-state index in [-0.39, 0.29) is 0 Å². The molecule has 6 nitrogen and oxygen atoms in total. The van der Waals surface area contributed by atoms with Crippen molar-refractivity contribution in [3.8, 4) is 0 Å². The largest absolute Gasteiger partial charge is 0.347 e. The molecule has 0 spiro atoms. The molecular weight excluding hydrogens is 207 g/mol. The van der Waals surface area contributed by atoms with Crippen LogP contribution in [0.25, 0.3) is 0 Å². The molecule has 14 heavy (non-hydrogen) atoms. The Morgan fingerprint density at radius 3 is 2.64 bits per heavy atom. The molecule has 0 unspecified atom stereocenters. The Bertz CT molecular complexity index is 275. The van der Waals surface area contributed by atoms with E-state index in [9.17, 15) is 9.36 Å². The van der Waals surface area contributed by atoms with Gasteiger partial charge in [0, 0.05) is 6.54 Å². The highest BCUT2D eigenvalue weighted by molar-refractivity contribution is 7.52. The van der Waals surface area contributed by atoms with Crippen molar-refractivity contribution in [2.75, 3.05) is 6.54 Å². The molecule has 2 atom stereocenters. The summed E-state index contributed by atoms with van der Waals surface area (Å²) in [5.74, 6) is -1.36. The van der Waals surface area contributed by atoms with Crippen LogP contribution in [0.2, 0.25) is 0 Å². The van der Waals surface area contributed by atoms with E-state index in [1.165, 1.54) is 11.8 Å². The molecule has 1 fully saturated rings. The van der Waals surface area contributed by atoms with Gasteiger partial charge in [0.05, 0.1) is 6.04 Å². The summed E-state index contributed by atoms with van der Waals surface area (Å²) >= 11 is 0. The molecule has 1 amide bonds. The van der Waals surface area contributed by atoms with Crippen LogP contribution in [0.1, 0.15) is 19.8 Å². The van der Waals surface area contributed by atoms with Gasteiger partial charge in [0.25, 0.3) is 0 Å². The topological polar surface area (TPSA) is 104 Å². The molecule has 0 saturated carbocycles. The summed E-state index contributed by atoms with van der Waals surface area (Å²) in [5.41, 5.74) is 5.38. The van der Waals surface area contributed by atoms with Crippen LogP contribution in [0.4, 0.5) is 0 Å². The number of carbonyl (C=O) groups is 1. The summed E-state index contributed by atoms with van der Waals surface area (Å²) < 4.78 is 11.0. The number of amides is 1. The SMILES string of the molecule is C[C@H](N)C(=O)N1CCC[C@@H]1P(=O)(O)O. The fraction of sp³-hybridized carbons (Fsp3) is 0.857. The lowest BCUT2D eigenvalue weighted by Crippen LogP contribution is -2.44. The first kappa shape index (κ1) is 11.7. The summed E-state index contributed by atoms with van der Waals surface area (Å²) in [5, 5.41) is 0. The smallest absolute Gasteiger partial charge is 0.327 e. The zero-order valence-electron chi connectivity index (χ0n) is 7.96. The molecule has 0 aromatic rings. The average molecular weight is 222 g/mol. The molecule has 0 aromatic heterocycles. The number of carbonyl (C=O) groups excluding carboxylic acids is 1. The lowest BCUT2D eigenvalue weighted by molar-refractivity contribution is -0.132. The molecule has 0 bridgehead atoms. The van der Waals surface area contributed by atoms with E-state index in [0.717, 1.165) is 0 Å². The summed E-state index contributed by atoms with van der Waals surface area (Å²) in [6.07, 6.45) is 0.969. The Balaban J connectivity index is 2.79. The van der Waals surface area contributed by atoms with E-state index in [4.69, 9.17) is 15.5 Å². The van der Waals surface area contributed by atoms with Crippen molar-refractivity contribution in [2.45, 2.75) is 31.6 Å². The van der Waals surface area contributed by atoms with Crippen molar-refractivity contribution in [2.24, 2.45) is 5.73 Å². The maximum Gasteiger partial charge on any atom is 0.347 e. The quantitative estimate of drug-likeness (QED) is 0.544. The van der Waals surface area contributed by atoms with Crippen LogP contribution in [-0.4, -0.2) is 39.0 Å². The summed E-state index contributed by atoms with van der Waals surface area (Å²) in [7, 11) is -4.21. The van der Waals surface area contributed by atoms with Gasteiger partial charge < -0.3 is 20.4 Å². The Kier molecular flexibility index (Phi) is 3.32. The van der Waals surface area contributed by atoms with Crippen LogP contribution >= 0.6 is 7.60 Å². The molecule has 7 heteroatoms. The van der Waals surface area contributed by atoms with Gasteiger partial charge in [-0.1, -0.05) is 0 Å². The Labute approximate surface area is 82.2 Å².